The zero-order valence-corrected chi connectivity index (χ0v) is 15.3. The van der Waals surface area contributed by atoms with Crippen LogP contribution in [-0.4, -0.2) is 21.5 Å². The van der Waals surface area contributed by atoms with Crippen LogP contribution in [0.2, 0.25) is 0 Å². The van der Waals surface area contributed by atoms with E-state index >= 15 is 0 Å². The summed E-state index contributed by atoms with van der Waals surface area (Å²) in [5, 5.41) is 3.10. The van der Waals surface area contributed by atoms with Crippen LogP contribution < -0.4 is 15.8 Å². The van der Waals surface area contributed by atoms with Gasteiger partial charge in [-0.2, -0.15) is 0 Å². The fourth-order valence-corrected chi connectivity index (χ4v) is 2.79. The van der Waals surface area contributed by atoms with Crippen LogP contribution in [0.4, 0.5) is 0 Å². The number of carbonyl (C=O) groups is 1. The van der Waals surface area contributed by atoms with Crippen molar-refractivity contribution in [1.82, 2.24) is 14.9 Å². The lowest BCUT2D eigenvalue weighted by molar-refractivity contribution is -0.119. The van der Waals surface area contributed by atoms with Crippen molar-refractivity contribution in [3.05, 3.63) is 53.9 Å². The molecule has 6 nitrogen and oxygen atoms in total. The summed E-state index contributed by atoms with van der Waals surface area (Å²) in [5.41, 5.74) is 8.39. The van der Waals surface area contributed by atoms with E-state index < -0.39 is 6.04 Å². The monoisotopic (exact) mass is 352 g/mol. The Morgan fingerprint density at radius 3 is 2.58 bits per heavy atom. The third-order valence-corrected chi connectivity index (χ3v) is 4.36. The maximum Gasteiger partial charge on any atom is 0.234 e. The summed E-state index contributed by atoms with van der Waals surface area (Å²) < 4.78 is 8.07. The number of imidazole rings is 1. The zero-order valence-electron chi connectivity index (χ0n) is 15.3. The molecule has 26 heavy (non-hydrogen) atoms. The number of benzene rings is 2. The minimum absolute atomic E-state index is 0.377. The molecular formula is C20H24N4O2. The number of hydrogen-bond acceptors (Lipinski definition) is 4. The smallest absolute Gasteiger partial charge is 0.234 e. The summed E-state index contributed by atoms with van der Waals surface area (Å²) in [5.74, 6) is 2.05. The molecule has 6 heteroatoms. The highest BCUT2D eigenvalue weighted by atomic mass is 16.5. The maximum atomic E-state index is 11.2. The molecule has 1 atom stereocenters. The number of nitrogens with two attached hydrogens (primary N) is 1. The summed E-state index contributed by atoms with van der Waals surface area (Å²) in [6.07, 6.45) is 0. The highest BCUT2D eigenvalue weighted by Crippen LogP contribution is 2.26. The lowest BCUT2D eigenvalue weighted by Gasteiger charge is -2.11. The van der Waals surface area contributed by atoms with Crippen molar-refractivity contribution < 1.29 is 9.53 Å². The molecule has 0 saturated heterocycles. The minimum atomic E-state index is -0.402. The normalized spacial score (nSPS) is 12.3. The summed E-state index contributed by atoms with van der Waals surface area (Å²) >= 11 is 0. The molecular weight excluding hydrogens is 328 g/mol. The number of primary amides is 1. The lowest BCUT2D eigenvalue weighted by atomic mass is 10.2. The van der Waals surface area contributed by atoms with E-state index in [1.54, 1.807) is 6.92 Å². The highest BCUT2D eigenvalue weighted by molar-refractivity contribution is 5.79. The third-order valence-electron chi connectivity index (χ3n) is 4.36. The molecule has 0 aliphatic rings. The van der Waals surface area contributed by atoms with Gasteiger partial charge in [-0.1, -0.05) is 17.7 Å². The van der Waals surface area contributed by atoms with Gasteiger partial charge in [-0.25, -0.2) is 4.98 Å². The van der Waals surface area contributed by atoms with Crippen LogP contribution in [0.25, 0.3) is 11.0 Å². The number of fused-ring (bicyclic) bond motifs is 1. The Balaban J connectivity index is 1.86. The van der Waals surface area contributed by atoms with Gasteiger partial charge in [0.05, 0.1) is 23.6 Å². The second-order valence-electron chi connectivity index (χ2n) is 6.34. The summed E-state index contributed by atoms with van der Waals surface area (Å²) in [4.78, 5) is 15.9. The van der Waals surface area contributed by atoms with Gasteiger partial charge in [0.2, 0.25) is 5.91 Å². The first-order valence-corrected chi connectivity index (χ1v) is 8.74. The lowest BCUT2D eigenvalue weighted by Crippen LogP contribution is -2.38. The molecule has 136 valence electrons. The van der Waals surface area contributed by atoms with Crippen molar-refractivity contribution >= 4 is 16.9 Å². The van der Waals surface area contributed by atoms with Crippen LogP contribution in [-0.2, 0) is 17.9 Å². The fourth-order valence-electron chi connectivity index (χ4n) is 2.79. The molecule has 1 aromatic heterocycles. The number of nitrogens with one attached hydrogen (secondary N) is 1. The van der Waals surface area contributed by atoms with Gasteiger partial charge in [-0.3, -0.25) is 10.1 Å². The number of rotatable bonds is 7. The quantitative estimate of drug-likeness (QED) is 0.684. The Morgan fingerprint density at radius 1 is 1.23 bits per heavy atom. The molecule has 0 aliphatic carbocycles. The van der Waals surface area contributed by atoms with Crippen molar-refractivity contribution in [2.24, 2.45) is 5.73 Å². The summed E-state index contributed by atoms with van der Waals surface area (Å²) in [6, 6.07) is 13.4. The van der Waals surface area contributed by atoms with Gasteiger partial charge in [0, 0.05) is 12.6 Å². The molecule has 1 heterocycles. The number of ether oxygens (including phenoxy) is 1. The Labute approximate surface area is 153 Å². The molecule has 3 rings (SSSR count). The van der Waals surface area contributed by atoms with Crippen LogP contribution in [0.15, 0.2) is 42.5 Å². The molecule has 3 aromatic rings. The highest BCUT2D eigenvalue weighted by Gasteiger charge is 2.13. The van der Waals surface area contributed by atoms with Gasteiger partial charge >= 0.3 is 0 Å². The topological polar surface area (TPSA) is 82.2 Å². The third kappa shape index (κ3) is 3.86. The van der Waals surface area contributed by atoms with E-state index in [1.165, 1.54) is 5.56 Å². The van der Waals surface area contributed by atoms with Gasteiger partial charge in [-0.05, 0) is 45.0 Å². The Morgan fingerprint density at radius 2 is 1.92 bits per heavy atom. The Hall–Kier alpha value is -2.86. The number of nitrogens with zero attached hydrogens (tertiary/aromatic N) is 2. The standard InChI is InChI=1S/C20H24N4O2/c1-4-24-18-11-16(26-15-7-5-13(2)6-8-15)9-10-17(18)23-19(24)12-22-14(3)20(21)25/h5-11,14,22H,4,12H2,1-3H3,(H2,21,25)/t14-/m0/s1. The van der Waals surface area contributed by atoms with Crippen molar-refractivity contribution in [2.45, 2.75) is 39.9 Å². The van der Waals surface area contributed by atoms with E-state index in [9.17, 15) is 4.79 Å². The van der Waals surface area contributed by atoms with Crippen LogP contribution >= 0.6 is 0 Å². The van der Waals surface area contributed by atoms with Gasteiger partial charge in [0.1, 0.15) is 17.3 Å². The minimum Gasteiger partial charge on any atom is -0.457 e. The first kappa shape index (κ1) is 17.9. The number of carbonyl (C=O) groups excluding carboxylic acids is 1. The van der Waals surface area contributed by atoms with Crippen LogP contribution in [0.1, 0.15) is 25.2 Å². The second-order valence-corrected chi connectivity index (χ2v) is 6.34. The summed E-state index contributed by atoms with van der Waals surface area (Å²) in [6.45, 7) is 7.10. The Bertz CT molecular complexity index is 915. The average Bonchev–Trinajstić information content (AvgIpc) is 2.98. The SMILES string of the molecule is CCn1c(CN[C@@H](C)C(N)=O)nc2ccc(Oc3ccc(C)cc3)cc21. The molecule has 0 radical (unpaired) electrons. The molecule has 0 unspecified atom stereocenters. The van der Waals surface area contributed by atoms with Gasteiger partial charge in [0.15, 0.2) is 0 Å². The van der Waals surface area contributed by atoms with E-state index in [-0.39, 0.29) is 5.91 Å². The maximum absolute atomic E-state index is 11.2. The first-order valence-electron chi connectivity index (χ1n) is 8.74. The molecule has 0 aliphatic heterocycles. The number of hydrogen-bond donors (Lipinski definition) is 2. The number of amides is 1. The molecule has 0 spiro atoms. The van der Waals surface area contributed by atoms with E-state index in [4.69, 9.17) is 10.5 Å². The van der Waals surface area contributed by atoms with Crippen molar-refractivity contribution in [3.8, 4) is 11.5 Å². The Kier molecular flexibility index (Phi) is 5.23. The van der Waals surface area contributed by atoms with E-state index in [0.29, 0.717) is 6.54 Å². The van der Waals surface area contributed by atoms with Gasteiger partial charge < -0.3 is 15.0 Å². The largest absolute Gasteiger partial charge is 0.457 e. The zero-order chi connectivity index (χ0) is 18.7. The van der Waals surface area contributed by atoms with E-state index in [1.807, 2.05) is 49.4 Å². The summed E-state index contributed by atoms with van der Waals surface area (Å²) in [7, 11) is 0. The van der Waals surface area contributed by atoms with Gasteiger partial charge in [0.25, 0.3) is 0 Å². The van der Waals surface area contributed by atoms with E-state index in [0.717, 1.165) is 34.9 Å². The molecule has 2 aromatic carbocycles. The number of aromatic nitrogens is 2. The number of aryl methyl sites for hydroxylation is 2. The average molecular weight is 352 g/mol. The fraction of sp³-hybridized carbons (Fsp3) is 0.300. The molecule has 3 N–H and O–H groups in total. The van der Waals surface area contributed by atoms with Gasteiger partial charge in [-0.15, -0.1) is 0 Å². The molecule has 0 saturated carbocycles. The van der Waals surface area contributed by atoms with Crippen LogP contribution in [0, 0.1) is 6.92 Å². The molecule has 0 bridgehead atoms. The van der Waals surface area contributed by atoms with Crippen molar-refractivity contribution in [2.75, 3.05) is 0 Å². The molecule has 0 fully saturated rings. The van der Waals surface area contributed by atoms with Crippen molar-refractivity contribution in [1.29, 1.82) is 0 Å². The second kappa shape index (κ2) is 7.58. The van der Waals surface area contributed by atoms with Crippen molar-refractivity contribution in [3.63, 3.8) is 0 Å². The van der Waals surface area contributed by atoms with Crippen LogP contribution in [0.3, 0.4) is 0 Å². The molecule has 1 amide bonds. The van der Waals surface area contributed by atoms with E-state index in [2.05, 4.69) is 21.8 Å². The first-order chi connectivity index (χ1) is 12.5. The van der Waals surface area contributed by atoms with Crippen LogP contribution in [0.5, 0.6) is 11.5 Å². The predicted molar refractivity (Wildman–Crippen MR) is 102 cm³/mol. The predicted octanol–water partition coefficient (Wildman–Crippen LogP) is 3.12.